The van der Waals surface area contributed by atoms with Crippen molar-refractivity contribution in [3.63, 3.8) is 0 Å². The van der Waals surface area contributed by atoms with E-state index in [-0.39, 0.29) is 11.6 Å². The van der Waals surface area contributed by atoms with Crippen LogP contribution in [0, 0.1) is 0 Å². The molecule has 0 amide bonds. The van der Waals surface area contributed by atoms with Gasteiger partial charge in [0.25, 0.3) is 5.56 Å². The van der Waals surface area contributed by atoms with Crippen LogP contribution in [-0.4, -0.2) is 29.2 Å². The van der Waals surface area contributed by atoms with E-state index < -0.39 is 0 Å². The molecule has 0 aliphatic rings. The lowest BCUT2D eigenvalue weighted by molar-refractivity contribution is 0.274. The quantitative estimate of drug-likeness (QED) is 0.701. The minimum absolute atomic E-state index is 0.0870. The molecule has 3 rings (SSSR count). The van der Waals surface area contributed by atoms with E-state index in [1.54, 1.807) is 6.07 Å². The Morgan fingerprint density at radius 3 is 2.71 bits per heavy atom. The Hall–Kier alpha value is -2.66. The maximum Gasteiger partial charge on any atom is 0.258 e. The van der Waals surface area contributed by atoms with E-state index in [1.807, 2.05) is 48.5 Å². The number of ether oxygens (including phenoxy) is 1. The summed E-state index contributed by atoms with van der Waals surface area (Å²) in [5.74, 6) is 1.56. The third-order valence-corrected chi connectivity index (χ3v) is 3.76. The van der Waals surface area contributed by atoms with Crippen molar-refractivity contribution in [3.05, 3.63) is 70.8 Å². The molecule has 124 valence electrons. The summed E-state index contributed by atoms with van der Waals surface area (Å²) in [5, 5.41) is 4.01. The van der Waals surface area contributed by atoms with Crippen LogP contribution in [-0.2, 0) is 6.42 Å². The Bertz CT molecular complexity index is 846. The highest BCUT2D eigenvalue weighted by Crippen LogP contribution is 2.08. The molecule has 5 heteroatoms. The minimum Gasteiger partial charge on any atom is -0.492 e. The molecule has 0 saturated heterocycles. The average Bonchev–Trinajstić information content (AvgIpc) is 2.61. The van der Waals surface area contributed by atoms with Gasteiger partial charge in [-0.25, -0.2) is 4.98 Å². The molecule has 0 bridgehead atoms. The normalized spacial score (nSPS) is 12.2. The first-order chi connectivity index (χ1) is 11.7. The molecule has 2 N–H and O–H groups in total. The van der Waals surface area contributed by atoms with Crippen molar-refractivity contribution in [2.24, 2.45) is 0 Å². The van der Waals surface area contributed by atoms with Crippen LogP contribution in [0.2, 0.25) is 0 Å². The highest BCUT2D eigenvalue weighted by molar-refractivity contribution is 5.77. The third kappa shape index (κ3) is 4.20. The Balaban J connectivity index is 1.50. The predicted molar refractivity (Wildman–Crippen MR) is 95.5 cm³/mol. The van der Waals surface area contributed by atoms with Gasteiger partial charge in [0.15, 0.2) is 0 Å². The van der Waals surface area contributed by atoms with Crippen LogP contribution < -0.4 is 15.6 Å². The molecule has 0 unspecified atom stereocenters. The van der Waals surface area contributed by atoms with Crippen molar-refractivity contribution in [1.82, 2.24) is 15.3 Å². The SMILES string of the molecule is C[C@@H](COc1ccccc1)NCCc1nc2ccccc2c(=O)[nH]1. The molecule has 0 saturated carbocycles. The maximum atomic E-state index is 12.0. The number of hydrogen-bond donors (Lipinski definition) is 2. The van der Waals surface area contributed by atoms with Crippen LogP contribution in [0.15, 0.2) is 59.4 Å². The van der Waals surface area contributed by atoms with Crippen molar-refractivity contribution in [1.29, 1.82) is 0 Å². The second-order valence-electron chi connectivity index (χ2n) is 5.76. The van der Waals surface area contributed by atoms with Gasteiger partial charge in [0, 0.05) is 19.0 Å². The summed E-state index contributed by atoms with van der Waals surface area (Å²) in [7, 11) is 0. The fourth-order valence-electron chi connectivity index (χ4n) is 2.49. The summed E-state index contributed by atoms with van der Waals surface area (Å²) in [5.41, 5.74) is 0.646. The van der Waals surface area contributed by atoms with E-state index in [0.717, 1.165) is 17.8 Å². The van der Waals surface area contributed by atoms with E-state index >= 15 is 0 Å². The zero-order valence-electron chi connectivity index (χ0n) is 13.7. The topological polar surface area (TPSA) is 67.0 Å². The molecule has 1 atom stereocenters. The lowest BCUT2D eigenvalue weighted by Crippen LogP contribution is -2.33. The van der Waals surface area contributed by atoms with Crippen molar-refractivity contribution >= 4 is 10.9 Å². The number of nitrogens with one attached hydrogen (secondary N) is 2. The van der Waals surface area contributed by atoms with E-state index in [0.29, 0.717) is 24.2 Å². The lowest BCUT2D eigenvalue weighted by atomic mass is 10.2. The highest BCUT2D eigenvalue weighted by atomic mass is 16.5. The summed E-state index contributed by atoms with van der Waals surface area (Å²) in [6, 6.07) is 17.3. The minimum atomic E-state index is -0.0870. The molecule has 0 spiro atoms. The number of rotatable bonds is 7. The monoisotopic (exact) mass is 323 g/mol. The third-order valence-electron chi connectivity index (χ3n) is 3.76. The number of nitrogens with zero attached hydrogens (tertiary/aromatic N) is 1. The summed E-state index contributed by atoms with van der Waals surface area (Å²) < 4.78 is 5.71. The van der Waals surface area contributed by atoms with Crippen molar-refractivity contribution in [3.8, 4) is 5.75 Å². The van der Waals surface area contributed by atoms with Gasteiger partial charge in [0.05, 0.1) is 10.9 Å². The van der Waals surface area contributed by atoms with Crippen molar-refractivity contribution in [2.75, 3.05) is 13.2 Å². The molecule has 0 fully saturated rings. The molecule has 1 aromatic heterocycles. The van der Waals surface area contributed by atoms with Crippen LogP contribution in [0.25, 0.3) is 10.9 Å². The number of benzene rings is 2. The Labute approximate surface area is 140 Å². The molecule has 0 aliphatic carbocycles. The Morgan fingerprint density at radius 2 is 1.88 bits per heavy atom. The van der Waals surface area contributed by atoms with Gasteiger partial charge in [-0.2, -0.15) is 0 Å². The second kappa shape index (κ2) is 7.75. The molecular formula is C19H21N3O2. The summed E-state index contributed by atoms with van der Waals surface area (Å²) in [6.07, 6.45) is 0.662. The number of H-pyrrole nitrogens is 1. The number of para-hydroxylation sites is 2. The molecule has 2 aromatic carbocycles. The van der Waals surface area contributed by atoms with Gasteiger partial charge in [-0.15, -0.1) is 0 Å². The Morgan fingerprint density at radius 1 is 1.12 bits per heavy atom. The zero-order chi connectivity index (χ0) is 16.8. The van der Waals surface area contributed by atoms with E-state index in [9.17, 15) is 4.79 Å². The van der Waals surface area contributed by atoms with Crippen LogP contribution in [0.3, 0.4) is 0 Å². The first kappa shape index (κ1) is 16.2. The average molecular weight is 323 g/mol. The predicted octanol–water partition coefficient (Wildman–Crippen LogP) is 2.52. The van der Waals surface area contributed by atoms with Gasteiger partial charge in [0.2, 0.25) is 0 Å². The number of fused-ring (bicyclic) bond motifs is 1. The number of hydrogen-bond acceptors (Lipinski definition) is 4. The second-order valence-corrected chi connectivity index (χ2v) is 5.76. The van der Waals surface area contributed by atoms with Crippen LogP contribution in [0.1, 0.15) is 12.7 Å². The highest BCUT2D eigenvalue weighted by Gasteiger charge is 2.05. The van der Waals surface area contributed by atoms with Crippen molar-refractivity contribution < 1.29 is 4.74 Å². The van der Waals surface area contributed by atoms with Gasteiger partial charge in [-0.1, -0.05) is 30.3 Å². The standard InChI is InChI=1S/C19H21N3O2/c1-14(13-24-15-7-3-2-4-8-15)20-12-11-18-21-17-10-6-5-9-16(17)19(23)22-18/h2-10,14,20H,11-13H2,1H3,(H,21,22,23)/t14-/m0/s1. The molecule has 5 nitrogen and oxygen atoms in total. The molecule has 0 aliphatic heterocycles. The molecular weight excluding hydrogens is 302 g/mol. The van der Waals surface area contributed by atoms with Gasteiger partial charge in [-0.3, -0.25) is 4.79 Å². The van der Waals surface area contributed by atoms with Gasteiger partial charge >= 0.3 is 0 Å². The van der Waals surface area contributed by atoms with Gasteiger partial charge < -0.3 is 15.0 Å². The Kier molecular flexibility index (Phi) is 5.23. The van der Waals surface area contributed by atoms with Crippen LogP contribution in [0.4, 0.5) is 0 Å². The lowest BCUT2D eigenvalue weighted by Gasteiger charge is -2.14. The number of aromatic nitrogens is 2. The van der Waals surface area contributed by atoms with Gasteiger partial charge in [0.1, 0.15) is 18.2 Å². The molecule has 1 heterocycles. The summed E-state index contributed by atoms with van der Waals surface area (Å²) in [6.45, 7) is 3.38. The summed E-state index contributed by atoms with van der Waals surface area (Å²) in [4.78, 5) is 19.4. The van der Waals surface area contributed by atoms with E-state index in [2.05, 4.69) is 22.2 Å². The van der Waals surface area contributed by atoms with Crippen LogP contribution >= 0.6 is 0 Å². The first-order valence-electron chi connectivity index (χ1n) is 8.11. The number of aromatic amines is 1. The van der Waals surface area contributed by atoms with Crippen LogP contribution in [0.5, 0.6) is 5.75 Å². The fraction of sp³-hybridized carbons (Fsp3) is 0.263. The maximum absolute atomic E-state index is 12.0. The largest absolute Gasteiger partial charge is 0.492 e. The van der Waals surface area contributed by atoms with Gasteiger partial charge in [-0.05, 0) is 31.2 Å². The molecule has 3 aromatic rings. The fourth-order valence-corrected chi connectivity index (χ4v) is 2.49. The molecule has 0 radical (unpaired) electrons. The zero-order valence-corrected chi connectivity index (χ0v) is 13.7. The van der Waals surface area contributed by atoms with Crippen molar-refractivity contribution in [2.45, 2.75) is 19.4 Å². The summed E-state index contributed by atoms with van der Waals surface area (Å²) >= 11 is 0. The van der Waals surface area contributed by atoms with E-state index in [1.165, 1.54) is 0 Å². The first-order valence-corrected chi connectivity index (χ1v) is 8.11. The molecule has 24 heavy (non-hydrogen) atoms. The smallest absolute Gasteiger partial charge is 0.258 e. The van der Waals surface area contributed by atoms with E-state index in [4.69, 9.17) is 4.74 Å².